The number of rotatable bonds is 4. The molecule has 188 valence electrons. The third-order valence-electron chi connectivity index (χ3n) is 5.91. The molecular formula is C24H30N4O7. The topological polar surface area (TPSA) is 197 Å². The average Bonchev–Trinajstić information content (AvgIpc) is 2.84. The third kappa shape index (κ3) is 6.27. The number of ether oxygens (including phenoxy) is 1. The van der Waals surface area contributed by atoms with Crippen LogP contribution in [0, 0.1) is 0 Å². The quantitative estimate of drug-likeness (QED) is 0.266. The summed E-state index contributed by atoms with van der Waals surface area (Å²) in [5.74, 6) is -2.37. The molecule has 0 aliphatic carbocycles. The van der Waals surface area contributed by atoms with Crippen LogP contribution < -0.4 is 22.1 Å². The van der Waals surface area contributed by atoms with Gasteiger partial charge in [-0.3, -0.25) is 9.59 Å². The van der Waals surface area contributed by atoms with Crippen LogP contribution in [-0.4, -0.2) is 71.0 Å². The van der Waals surface area contributed by atoms with Crippen molar-refractivity contribution in [3.8, 4) is 22.6 Å². The summed E-state index contributed by atoms with van der Waals surface area (Å²) in [5, 5.41) is 35.8. The Bertz CT molecular complexity index is 1110. The van der Waals surface area contributed by atoms with Crippen LogP contribution in [0.3, 0.4) is 0 Å². The number of carbonyl (C=O) groups is 3. The Labute approximate surface area is 202 Å². The molecule has 2 amide bonds. The first-order valence-corrected chi connectivity index (χ1v) is 11.1. The van der Waals surface area contributed by atoms with Crippen LogP contribution >= 0.6 is 0 Å². The Morgan fingerprint density at radius 3 is 2.14 bits per heavy atom. The van der Waals surface area contributed by atoms with E-state index in [1.165, 1.54) is 12.1 Å². The molecule has 2 aromatic carbocycles. The number of fused-ring (bicyclic) bond motifs is 5. The van der Waals surface area contributed by atoms with Gasteiger partial charge in [0.1, 0.15) is 23.6 Å². The van der Waals surface area contributed by atoms with Gasteiger partial charge >= 0.3 is 5.97 Å². The van der Waals surface area contributed by atoms with Gasteiger partial charge in [0.05, 0.1) is 19.3 Å². The third-order valence-corrected chi connectivity index (χ3v) is 5.91. The van der Waals surface area contributed by atoms with Crippen molar-refractivity contribution >= 4 is 17.8 Å². The number of nitrogens with one attached hydrogen (secondary N) is 2. The lowest BCUT2D eigenvalue weighted by atomic mass is 9.95. The van der Waals surface area contributed by atoms with Gasteiger partial charge in [-0.2, -0.15) is 0 Å². The molecule has 0 saturated heterocycles. The smallest absolute Gasteiger partial charge is 0.328 e. The number of benzene rings is 2. The average molecular weight is 487 g/mol. The van der Waals surface area contributed by atoms with E-state index < -0.39 is 42.0 Å². The van der Waals surface area contributed by atoms with Gasteiger partial charge in [-0.05, 0) is 46.5 Å². The van der Waals surface area contributed by atoms with E-state index in [-0.39, 0.29) is 37.3 Å². The molecule has 1 aliphatic heterocycles. The zero-order valence-electron chi connectivity index (χ0n) is 19.2. The van der Waals surface area contributed by atoms with E-state index in [2.05, 4.69) is 10.6 Å². The van der Waals surface area contributed by atoms with Gasteiger partial charge in [0.2, 0.25) is 11.8 Å². The zero-order chi connectivity index (χ0) is 25.7. The minimum atomic E-state index is -1.26. The molecule has 0 spiro atoms. The number of methoxy groups -OCH3 is 1. The van der Waals surface area contributed by atoms with E-state index in [0.29, 0.717) is 22.3 Å². The van der Waals surface area contributed by atoms with E-state index in [1.54, 1.807) is 24.3 Å². The number of aromatic hydroxyl groups is 2. The molecule has 0 radical (unpaired) electrons. The molecule has 0 aromatic heterocycles. The molecule has 0 fully saturated rings. The second-order valence-corrected chi connectivity index (χ2v) is 8.47. The number of aliphatic hydroxyl groups excluding tert-OH is 1. The van der Waals surface area contributed by atoms with Crippen molar-refractivity contribution in [3.05, 3.63) is 47.5 Å². The maximum Gasteiger partial charge on any atom is 0.328 e. The molecule has 35 heavy (non-hydrogen) atoms. The first-order chi connectivity index (χ1) is 16.6. The highest BCUT2D eigenvalue weighted by atomic mass is 16.5. The van der Waals surface area contributed by atoms with Crippen molar-refractivity contribution in [2.24, 2.45) is 11.5 Å². The fourth-order valence-corrected chi connectivity index (χ4v) is 3.89. The minimum Gasteiger partial charge on any atom is -0.508 e. The minimum absolute atomic E-state index is 0.0327. The van der Waals surface area contributed by atoms with Gasteiger partial charge in [-0.15, -0.1) is 0 Å². The molecule has 4 atom stereocenters. The fourth-order valence-electron chi connectivity index (χ4n) is 3.89. The molecule has 0 unspecified atom stereocenters. The van der Waals surface area contributed by atoms with Crippen LogP contribution in [0.2, 0.25) is 0 Å². The molecule has 4 bridgehead atoms. The summed E-state index contributed by atoms with van der Waals surface area (Å²) < 4.78 is 4.82. The first-order valence-electron chi connectivity index (χ1n) is 11.1. The summed E-state index contributed by atoms with van der Waals surface area (Å²) in [6.45, 7) is -0.159. The fraction of sp³-hybridized carbons (Fsp3) is 0.375. The van der Waals surface area contributed by atoms with Crippen LogP contribution in [-0.2, 0) is 32.0 Å². The van der Waals surface area contributed by atoms with Crippen LogP contribution in [0.15, 0.2) is 36.4 Å². The van der Waals surface area contributed by atoms with Gasteiger partial charge in [0, 0.05) is 25.8 Å². The number of amides is 2. The van der Waals surface area contributed by atoms with Crippen molar-refractivity contribution in [1.29, 1.82) is 0 Å². The molecule has 2 aromatic rings. The SMILES string of the molecule is COC(=O)[C@@H]1Cc2cc(ccc2O)-c2ccc(O)c(c2)C[C@@H](N)C(=O)N[C@@H](C[C@@H](O)CN)C(=O)N1. The largest absolute Gasteiger partial charge is 0.508 e. The summed E-state index contributed by atoms with van der Waals surface area (Å²) in [4.78, 5) is 38.4. The second-order valence-electron chi connectivity index (χ2n) is 8.47. The lowest BCUT2D eigenvalue weighted by Gasteiger charge is -2.25. The standard InChI is InChI=1S/C24H30N4O7/c1-35-24(34)19-9-15-7-13(3-5-21(15)31)12-2-4-20(30)14(6-12)8-17(26)22(32)27-18(23(33)28-19)10-16(29)11-25/h2-7,16-19,29-31H,8-11,25-26H2,1H3,(H,27,32)(H,28,33)/t16-,17-,18+,19+/m1/s1. The van der Waals surface area contributed by atoms with E-state index >= 15 is 0 Å². The molecule has 0 saturated carbocycles. The highest BCUT2D eigenvalue weighted by Crippen LogP contribution is 2.30. The van der Waals surface area contributed by atoms with Gasteiger partial charge in [-0.25, -0.2) is 4.79 Å². The maximum atomic E-state index is 13.1. The first kappa shape index (κ1) is 25.9. The molecule has 11 nitrogen and oxygen atoms in total. The summed E-state index contributed by atoms with van der Waals surface area (Å²) in [6, 6.07) is 6.02. The lowest BCUT2D eigenvalue weighted by Crippen LogP contribution is -2.56. The monoisotopic (exact) mass is 486 g/mol. The van der Waals surface area contributed by atoms with Crippen LogP contribution in [0.4, 0.5) is 0 Å². The zero-order valence-corrected chi connectivity index (χ0v) is 19.2. The molecule has 1 heterocycles. The molecule has 11 heteroatoms. The van der Waals surface area contributed by atoms with E-state index in [0.717, 1.165) is 7.11 Å². The van der Waals surface area contributed by atoms with Crippen LogP contribution in [0.5, 0.6) is 11.5 Å². The van der Waals surface area contributed by atoms with E-state index in [4.69, 9.17) is 16.2 Å². The highest BCUT2D eigenvalue weighted by molar-refractivity contribution is 5.92. The molecular weight excluding hydrogens is 456 g/mol. The number of phenols is 2. The lowest BCUT2D eigenvalue weighted by molar-refractivity contribution is -0.145. The number of hydrogen-bond acceptors (Lipinski definition) is 9. The number of esters is 1. The van der Waals surface area contributed by atoms with Crippen molar-refractivity contribution in [3.63, 3.8) is 0 Å². The van der Waals surface area contributed by atoms with Crippen molar-refractivity contribution < 1.29 is 34.4 Å². The molecule has 9 N–H and O–H groups in total. The van der Waals surface area contributed by atoms with Gasteiger partial charge in [0.15, 0.2) is 0 Å². The predicted molar refractivity (Wildman–Crippen MR) is 126 cm³/mol. The Hall–Kier alpha value is -3.67. The van der Waals surface area contributed by atoms with Gasteiger partial charge in [0.25, 0.3) is 0 Å². The maximum absolute atomic E-state index is 13.1. The summed E-state index contributed by atoms with van der Waals surface area (Å²) >= 11 is 0. The van der Waals surface area contributed by atoms with Crippen molar-refractivity contribution in [2.75, 3.05) is 13.7 Å². The van der Waals surface area contributed by atoms with Crippen LogP contribution in [0.25, 0.3) is 11.1 Å². The van der Waals surface area contributed by atoms with Gasteiger partial charge < -0.3 is 42.2 Å². The number of carbonyl (C=O) groups excluding carboxylic acids is 3. The Morgan fingerprint density at radius 2 is 1.60 bits per heavy atom. The number of hydrogen-bond donors (Lipinski definition) is 7. The van der Waals surface area contributed by atoms with E-state index in [9.17, 15) is 29.7 Å². The predicted octanol–water partition coefficient (Wildman–Crippen LogP) is -0.957. The Kier molecular flexibility index (Phi) is 8.28. The summed E-state index contributed by atoms with van der Waals surface area (Å²) in [5.41, 5.74) is 13.7. The normalized spacial score (nSPS) is 21.7. The van der Waals surface area contributed by atoms with Crippen molar-refractivity contribution in [1.82, 2.24) is 10.6 Å². The number of phenolic OH excluding ortho intramolecular Hbond substituents is 2. The Morgan fingerprint density at radius 1 is 1.03 bits per heavy atom. The van der Waals surface area contributed by atoms with Crippen LogP contribution in [0.1, 0.15) is 17.5 Å². The second kappa shape index (κ2) is 11.2. The summed E-state index contributed by atoms with van der Waals surface area (Å²) in [6.07, 6.45) is -1.48. The summed E-state index contributed by atoms with van der Waals surface area (Å²) in [7, 11) is 1.16. The number of nitrogens with two attached hydrogens (primary N) is 2. The van der Waals surface area contributed by atoms with E-state index in [1.807, 2.05) is 0 Å². The molecule has 1 aliphatic rings. The number of aliphatic hydroxyl groups is 1. The van der Waals surface area contributed by atoms with Gasteiger partial charge in [-0.1, -0.05) is 12.1 Å². The highest BCUT2D eigenvalue weighted by Gasteiger charge is 2.31. The van der Waals surface area contributed by atoms with Crippen molar-refractivity contribution in [2.45, 2.75) is 43.5 Å². The Balaban J connectivity index is 2.10. The molecule has 3 rings (SSSR count).